The highest BCUT2D eigenvalue weighted by Gasteiger charge is 2.40. The minimum atomic E-state index is -1.29. The van der Waals surface area contributed by atoms with Crippen molar-refractivity contribution in [1.82, 2.24) is 0 Å². The number of carbonyl (C=O) groups is 3. The molecule has 5 nitrogen and oxygen atoms in total. The molecule has 1 heterocycles. The van der Waals surface area contributed by atoms with Gasteiger partial charge >= 0.3 is 11.9 Å². The topological polar surface area (TPSA) is 69.7 Å². The van der Waals surface area contributed by atoms with Crippen molar-refractivity contribution < 1.29 is 23.9 Å². The maximum absolute atomic E-state index is 12.2. The fraction of sp³-hybridized carbons (Fsp3) is 0.312. The second-order valence-electron chi connectivity index (χ2n) is 5.15. The van der Waals surface area contributed by atoms with Crippen molar-refractivity contribution in [2.45, 2.75) is 26.1 Å². The molecule has 2 rings (SSSR count). The number of benzene rings is 1. The third-order valence-corrected chi connectivity index (χ3v) is 3.87. The number of Topliss-reactive ketones (excluding diaryl/α,β-unsaturated/α-hetero) is 1. The third kappa shape index (κ3) is 3.57. The lowest BCUT2D eigenvalue weighted by atomic mass is 10.1. The number of esters is 2. The summed E-state index contributed by atoms with van der Waals surface area (Å²) in [5.41, 5.74) is 0.323. The van der Waals surface area contributed by atoms with E-state index in [-0.39, 0.29) is 17.8 Å². The second kappa shape index (κ2) is 6.36. The summed E-state index contributed by atoms with van der Waals surface area (Å²) in [5.74, 6) is -2.98. The molecule has 0 aliphatic carbocycles. The van der Waals surface area contributed by atoms with Gasteiger partial charge in [-0.05, 0) is 6.26 Å². The minimum absolute atomic E-state index is 0.0505. The van der Waals surface area contributed by atoms with Gasteiger partial charge in [0.05, 0.1) is 0 Å². The van der Waals surface area contributed by atoms with Crippen LogP contribution in [-0.2, 0) is 19.1 Å². The summed E-state index contributed by atoms with van der Waals surface area (Å²) in [7, 11) is 0. The summed E-state index contributed by atoms with van der Waals surface area (Å²) in [6, 6.07) is 8.69. The van der Waals surface area contributed by atoms with Crippen LogP contribution in [0.4, 0.5) is 0 Å². The first-order chi connectivity index (χ1) is 10.3. The van der Waals surface area contributed by atoms with Crippen LogP contribution in [-0.4, -0.2) is 29.8 Å². The predicted octanol–water partition coefficient (Wildman–Crippen LogP) is 2.71. The number of allylic oxidation sites excluding steroid dienone is 1. The molecule has 0 bridgehead atoms. The normalized spacial score (nSPS) is 16.8. The molecule has 0 amide bonds. The molecule has 0 aromatic heterocycles. The van der Waals surface area contributed by atoms with Gasteiger partial charge in [-0.15, -0.1) is 11.8 Å². The molecule has 0 atom stereocenters. The van der Waals surface area contributed by atoms with E-state index < -0.39 is 17.7 Å². The lowest BCUT2D eigenvalue weighted by Gasteiger charge is -2.30. The molecule has 0 radical (unpaired) electrons. The van der Waals surface area contributed by atoms with Crippen molar-refractivity contribution in [1.29, 1.82) is 0 Å². The Morgan fingerprint density at radius 3 is 2.14 bits per heavy atom. The number of thioether (sulfide) groups is 1. The average molecular weight is 320 g/mol. The average Bonchev–Trinajstić information content (AvgIpc) is 2.44. The van der Waals surface area contributed by atoms with Crippen LogP contribution in [0, 0.1) is 0 Å². The first kappa shape index (κ1) is 16.3. The zero-order valence-electron chi connectivity index (χ0n) is 12.5. The smallest absolute Gasteiger partial charge is 0.349 e. The van der Waals surface area contributed by atoms with Gasteiger partial charge in [-0.1, -0.05) is 30.3 Å². The van der Waals surface area contributed by atoms with E-state index in [4.69, 9.17) is 9.47 Å². The second-order valence-corrected chi connectivity index (χ2v) is 6.05. The minimum Gasteiger partial charge on any atom is -0.419 e. The Balaban J connectivity index is 2.29. The summed E-state index contributed by atoms with van der Waals surface area (Å²) in [5, 5.41) is 0. The molecule has 0 spiro atoms. The quantitative estimate of drug-likeness (QED) is 0.368. The first-order valence-corrected chi connectivity index (χ1v) is 7.88. The number of ether oxygens (including phenoxy) is 2. The zero-order chi connectivity index (χ0) is 16.3. The van der Waals surface area contributed by atoms with Gasteiger partial charge in [0.1, 0.15) is 0 Å². The molecular weight excluding hydrogens is 304 g/mol. The number of ketones is 1. The van der Waals surface area contributed by atoms with Crippen LogP contribution in [0.1, 0.15) is 30.6 Å². The van der Waals surface area contributed by atoms with E-state index in [1.54, 1.807) is 30.5 Å². The monoisotopic (exact) mass is 320 g/mol. The third-order valence-electron chi connectivity index (χ3n) is 3.03. The lowest BCUT2D eigenvalue weighted by Crippen LogP contribution is -2.42. The van der Waals surface area contributed by atoms with E-state index in [2.05, 4.69) is 0 Å². The van der Waals surface area contributed by atoms with E-state index in [9.17, 15) is 14.4 Å². The molecule has 1 aromatic carbocycles. The summed E-state index contributed by atoms with van der Waals surface area (Å²) in [4.78, 5) is 36.7. The van der Waals surface area contributed by atoms with Crippen molar-refractivity contribution in [3.8, 4) is 0 Å². The number of hydrogen-bond donors (Lipinski definition) is 0. The Labute approximate surface area is 132 Å². The molecule has 1 saturated heterocycles. The van der Waals surface area contributed by atoms with Crippen molar-refractivity contribution in [2.75, 3.05) is 6.26 Å². The molecule has 6 heteroatoms. The highest BCUT2D eigenvalue weighted by atomic mass is 32.2. The van der Waals surface area contributed by atoms with Crippen molar-refractivity contribution >= 4 is 29.5 Å². The van der Waals surface area contributed by atoms with Crippen LogP contribution in [0.2, 0.25) is 0 Å². The molecule has 0 saturated carbocycles. The molecule has 116 valence electrons. The first-order valence-electron chi connectivity index (χ1n) is 6.66. The summed E-state index contributed by atoms with van der Waals surface area (Å²) < 4.78 is 10.1. The van der Waals surface area contributed by atoms with Crippen LogP contribution >= 0.6 is 11.8 Å². The Morgan fingerprint density at radius 2 is 1.64 bits per heavy atom. The molecule has 1 aromatic rings. The highest BCUT2D eigenvalue weighted by Crippen LogP contribution is 2.30. The van der Waals surface area contributed by atoms with Gasteiger partial charge in [-0.3, -0.25) is 4.79 Å². The number of rotatable bonds is 4. The van der Waals surface area contributed by atoms with Crippen LogP contribution in [0.5, 0.6) is 0 Å². The van der Waals surface area contributed by atoms with Gasteiger partial charge in [0.15, 0.2) is 11.4 Å². The number of cyclic esters (lactones) is 2. The van der Waals surface area contributed by atoms with E-state index in [0.717, 1.165) is 11.8 Å². The van der Waals surface area contributed by atoms with Gasteiger partial charge in [-0.2, -0.15) is 0 Å². The Kier molecular flexibility index (Phi) is 4.71. The van der Waals surface area contributed by atoms with Gasteiger partial charge < -0.3 is 9.47 Å². The molecule has 1 aliphatic rings. The molecular formula is C16H16O5S. The fourth-order valence-electron chi connectivity index (χ4n) is 2.01. The van der Waals surface area contributed by atoms with E-state index in [0.29, 0.717) is 10.5 Å². The standard InChI is InChI=1S/C16H16O5S/c1-16(2)20-14(18)13(15(19)21-16)12(22-3)9-11(17)10-7-5-4-6-8-10/h4-8H,9H2,1-3H3. The van der Waals surface area contributed by atoms with Gasteiger partial charge in [0.25, 0.3) is 5.79 Å². The Morgan fingerprint density at radius 1 is 1.09 bits per heavy atom. The number of carbonyl (C=O) groups excluding carboxylic acids is 3. The molecule has 22 heavy (non-hydrogen) atoms. The number of hydrogen-bond acceptors (Lipinski definition) is 6. The van der Waals surface area contributed by atoms with Crippen molar-refractivity contribution in [3.63, 3.8) is 0 Å². The maximum atomic E-state index is 12.2. The molecule has 0 unspecified atom stereocenters. The van der Waals surface area contributed by atoms with E-state index >= 15 is 0 Å². The van der Waals surface area contributed by atoms with Crippen molar-refractivity contribution in [3.05, 3.63) is 46.4 Å². The molecule has 1 fully saturated rings. The van der Waals surface area contributed by atoms with Gasteiger partial charge in [0, 0.05) is 30.7 Å². The van der Waals surface area contributed by atoms with Gasteiger partial charge in [-0.25, -0.2) is 9.59 Å². The lowest BCUT2D eigenvalue weighted by molar-refractivity contribution is -0.222. The van der Waals surface area contributed by atoms with Crippen LogP contribution in [0.15, 0.2) is 40.8 Å². The van der Waals surface area contributed by atoms with Crippen LogP contribution < -0.4 is 0 Å². The Hall–Kier alpha value is -2.08. The Bertz CT molecular complexity index is 624. The van der Waals surface area contributed by atoms with E-state index in [1.165, 1.54) is 13.8 Å². The van der Waals surface area contributed by atoms with E-state index in [1.807, 2.05) is 6.07 Å². The largest absolute Gasteiger partial charge is 0.419 e. The van der Waals surface area contributed by atoms with Crippen LogP contribution in [0.25, 0.3) is 0 Å². The maximum Gasteiger partial charge on any atom is 0.349 e. The summed E-state index contributed by atoms with van der Waals surface area (Å²) in [6.45, 7) is 2.96. The molecule has 1 aliphatic heterocycles. The zero-order valence-corrected chi connectivity index (χ0v) is 13.4. The fourth-order valence-corrected chi connectivity index (χ4v) is 2.66. The molecule has 0 N–H and O–H groups in total. The summed E-state index contributed by atoms with van der Waals surface area (Å²) >= 11 is 1.16. The summed E-state index contributed by atoms with van der Waals surface area (Å²) in [6.07, 6.45) is 1.64. The van der Waals surface area contributed by atoms with Crippen LogP contribution in [0.3, 0.4) is 0 Å². The highest BCUT2D eigenvalue weighted by molar-refractivity contribution is 8.02. The SMILES string of the molecule is CSC(CC(=O)c1ccccc1)=C1C(=O)OC(C)(C)OC1=O. The van der Waals surface area contributed by atoms with Gasteiger partial charge in [0.2, 0.25) is 0 Å². The van der Waals surface area contributed by atoms with Crippen molar-refractivity contribution in [2.24, 2.45) is 0 Å². The predicted molar refractivity (Wildman–Crippen MR) is 82.2 cm³/mol.